The Balaban J connectivity index is 2.02. The molecule has 16 heteroatoms. The molecule has 0 amide bonds. The van der Waals surface area contributed by atoms with E-state index in [9.17, 15) is 18.0 Å². The van der Waals surface area contributed by atoms with E-state index in [0.29, 0.717) is 6.08 Å². The Morgan fingerprint density at radius 2 is 1.31 bits per heavy atom. The minimum atomic E-state index is -4.90. The summed E-state index contributed by atoms with van der Waals surface area (Å²) in [6.07, 6.45) is -5.61. The van der Waals surface area contributed by atoms with Gasteiger partial charge in [-0.15, -0.1) is 6.58 Å². The highest BCUT2D eigenvalue weighted by Gasteiger charge is 2.39. The number of hydrogen-bond donors (Lipinski definition) is 0. The average Bonchev–Trinajstić information content (AvgIpc) is 2.90. The Morgan fingerprint density at radius 3 is 1.83 bits per heavy atom. The first-order valence-electron chi connectivity index (χ1n) is 11.3. The fourth-order valence-corrected chi connectivity index (χ4v) is 6.32. The third-order valence-corrected chi connectivity index (χ3v) is 8.94. The fraction of sp³-hybridized carbons (Fsp3) is 0.154. The molecule has 0 aliphatic heterocycles. The van der Waals surface area contributed by atoms with E-state index in [1.165, 1.54) is 36.4 Å². The second kappa shape index (κ2) is 14.8. The van der Waals surface area contributed by atoms with Gasteiger partial charge >= 0.3 is 11.9 Å². The average molecular weight is 740 g/mol. The maximum Gasteiger partial charge on any atom is 0.340 e. The molecule has 0 unspecified atom stereocenters. The molecule has 0 aliphatic carbocycles. The van der Waals surface area contributed by atoms with Crippen molar-refractivity contribution < 1.29 is 36.1 Å². The van der Waals surface area contributed by atoms with Gasteiger partial charge in [0.2, 0.25) is 0 Å². The summed E-state index contributed by atoms with van der Waals surface area (Å²) in [6, 6.07) is 9.56. The molecule has 0 fully saturated rings. The minimum Gasteiger partial charge on any atom is -0.459 e. The van der Waals surface area contributed by atoms with Gasteiger partial charge in [0, 0.05) is 10.0 Å². The van der Waals surface area contributed by atoms with Gasteiger partial charge in [0.15, 0.2) is 18.4 Å². The maximum absolute atomic E-state index is 15.3. The van der Waals surface area contributed by atoms with E-state index in [0.717, 1.165) is 12.1 Å². The summed E-state index contributed by atoms with van der Waals surface area (Å²) in [7, 11) is -4.90. The Kier molecular flexibility index (Phi) is 12.2. The van der Waals surface area contributed by atoms with Gasteiger partial charge in [0.05, 0.1) is 36.2 Å². The number of carbonyl (C=O) groups is 2. The van der Waals surface area contributed by atoms with Crippen molar-refractivity contribution in [1.29, 1.82) is 0 Å². The molecule has 7 nitrogen and oxygen atoms in total. The molecule has 0 aromatic heterocycles. The van der Waals surface area contributed by atoms with Crippen LogP contribution in [-0.2, 0) is 23.8 Å². The summed E-state index contributed by atoms with van der Waals surface area (Å²) in [5.74, 6) is -2.24. The van der Waals surface area contributed by atoms with E-state index >= 15 is 4.39 Å². The second-order valence-corrected chi connectivity index (χ2v) is 12.6. The molecule has 0 bridgehead atoms. The minimum absolute atomic E-state index is 0.0620. The standard InChI is InChI=1S/C26H16Cl7FO7S/c1-2-21(34)24(40-26(36)15-6-4-13(28)8-17(15)30)22(11-39-25(35)14-5-3-12(27)7-16(14)29)41-42(37,38)23-10-19(32)18(31)9-20(23)33/h2-10,21-22,24H,1,11H2/t21-,22-,24+/m1/s1. The van der Waals surface area contributed by atoms with Gasteiger partial charge in [0.1, 0.15) is 11.5 Å². The van der Waals surface area contributed by atoms with Gasteiger partial charge in [-0.05, 0) is 48.5 Å². The molecular formula is C26H16Cl7FO7S. The molecule has 3 aromatic carbocycles. The molecule has 224 valence electrons. The highest BCUT2D eigenvalue weighted by atomic mass is 35.5. The number of rotatable bonds is 11. The van der Waals surface area contributed by atoms with Gasteiger partial charge < -0.3 is 9.47 Å². The molecule has 0 heterocycles. The summed E-state index contributed by atoms with van der Waals surface area (Å²) < 4.78 is 57.6. The van der Waals surface area contributed by atoms with Crippen LogP contribution in [0.2, 0.25) is 35.2 Å². The number of alkyl halides is 1. The van der Waals surface area contributed by atoms with Crippen molar-refractivity contribution in [2.45, 2.75) is 23.3 Å². The Morgan fingerprint density at radius 1 is 0.786 bits per heavy atom. The van der Waals surface area contributed by atoms with Crippen LogP contribution in [0.5, 0.6) is 0 Å². The summed E-state index contributed by atoms with van der Waals surface area (Å²) in [5.41, 5.74) is -0.390. The largest absolute Gasteiger partial charge is 0.459 e. The summed E-state index contributed by atoms with van der Waals surface area (Å²) in [4.78, 5) is 25.1. The van der Waals surface area contributed by atoms with Crippen molar-refractivity contribution in [3.8, 4) is 0 Å². The molecule has 0 saturated carbocycles. The lowest BCUT2D eigenvalue weighted by Gasteiger charge is -2.28. The molecule has 0 saturated heterocycles. The van der Waals surface area contributed by atoms with E-state index in [1.54, 1.807) is 0 Å². The number of hydrogen-bond acceptors (Lipinski definition) is 7. The molecule has 3 rings (SSSR count). The fourth-order valence-electron chi connectivity index (χ4n) is 3.30. The lowest BCUT2D eigenvalue weighted by molar-refractivity contribution is -0.0512. The van der Waals surface area contributed by atoms with Crippen LogP contribution in [0, 0.1) is 0 Å². The van der Waals surface area contributed by atoms with Crippen LogP contribution < -0.4 is 0 Å². The van der Waals surface area contributed by atoms with Crippen LogP contribution >= 0.6 is 81.2 Å². The number of benzene rings is 3. The van der Waals surface area contributed by atoms with Crippen molar-refractivity contribution in [3.05, 3.63) is 107 Å². The number of halogens is 8. The van der Waals surface area contributed by atoms with E-state index in [1.807, 2.05) is 0 Å². The zero-order chi connectivity index (χ0) is 31.4. The number of carbonyl (C=O) groups excluding carboxylic acids is 2. The normalized spacial score (nSPS) is 13.6. The summed E-state index contributed by atoms with van der Waals surface area (Å²) >= 11 is 41.8. The Hall–Kier alpha value is -1.79. The van der Waals surface area contributed by atoms with Crippen molar-refractivity contribution in [2.75, 3.05) is 6.61 Å². The van der Waals surface area contributed by atoms with Gasteiger partial charge in [-0.2, -0.15) is 8.42 Å². The second-order valence-electron chi connectivity index (χ2n) is 8.18. The topological polar surface area (TPSA) is 96.0 Å². The highest BCUT2D eigenvalue weighted by molar-refractivity contribution is 7.87. The van der Waals surface area contributed by atoms with Crippen molar-refractivity contribution in [3.63, 3.8) is 0 Å². The molecule has 0 spiro atoms. The van der Waals surface area contributed by atoms with Gasteiger partial charge in [-0.25, -0.2) is 14.0 Å². The third-order valence-electron chi connectivity index (χ3n) is 5.32. The lowest BCUT2D eigenvalue weighted by atomic mass is 10.1. The molecule has 0 aliphatic rings. The zero-order valence-electron chi connectivity index (χ0n) is 20.6. The monoisotopic (exact) mass is 736 g/mol. The predicted molar refractivity (Wildman–Crippen MR) is 161 cm³/mol. The van der Waals surface area contributed by atoms with Crippen LogP contribution in [0.1, 0.15) is 20.7 Å². The van der Waals surface area contributed by atoms with E-state index in [4.69, 9.17) is 94.9 Å². The van der Waals surface area contributed by atoms with E-state index in [2.05, 4.69) is 6.58 Å². The third kappa shape index (κ3) is 8.65. The van der Waals surface area contributed by atoms with Gasteiger partial charge in [-0.1, -0.05) is 87.3 Å². The molecule has 0 N–H and O–H groups in total. The van der Waals surface area contributed by atoms with Crippen LogP contribution in [0.25, 0.3) is 0 Å². The molecule has 3 aromatic rings. The summed E-state index contributed by atoms with van der Waals surface area (Å²) in [5, 5.41) is -0.462. The molecule has 0 radical (unpaired) electrons. The SMILES string of the molecule is C=C[C@@H](F)[C@H](OC(=O)c1ccc(Cl)cc1Cl)[C@@H](COC(=O)c1ccc(Cl)cc1Cl)OS(=O)(=O)c1cc(Cl)c(Cl)cc1Cl. The number of esters is 2. The smallest absolute Gasteiger partial charge is 0.340 e. The van der Waals surface area contributed by atoms with Crippen molar-refractivity contribution in [2.24, 2.45) is 0 Å². The Labute approximate surface area is 275 Å². The molecular weight excluding hydrogens is 724 g/mol. The van der Waals surface area contributed by atoms with Crippen LogP contribution in [0.4, 0.5) is 4.39 Å². The molecule has 3 atom stereocenters. The predicted octanol–water partition coefficient (Wildman–Crippen LogP) is 8.94. The summed E-state index contributed by atoms with van der Waals surface area (Å²) in [6.45, 7) is 2.34. The first-order chi connectivity index (χ1) is 19.6. The molecule has 42 heavy (non-hydrogen) atoms. The van der Waals surface area contributed by atoms with Crippen LogP contribution in [0.3, 0.4) is 0 Å². The van der Waals surface area contributed by atoms with E-state index < -0.39 is 57.0 Å². The highest BCUT2D eigenvalue weighted by Crippen LogP contribution is 2.34. The quantitative estimate of drug-likeness (QED) is 0.0839. The maximum atomic E-state index is 15.3. The Bertz CT molecular complexity index is 1640. The van der Waals surface area contributed by atoms with Crippen molar-refractivity contribution in [1.82, 2.24) is 0 Å². The first-order valence-corrected chi connectivity index (χ1v) is 15.3. The van der Waals surface area contributed by atoms with Crippen molar-refractivity contribution >= 4 is 103 Å². The van der Waals surface area contributed by atoms with Crippen LogP contribution in [0.15, 0.2) is 66.1 Å². The lowest BCUT2D eigenvalue weighted by Crippen LogP contribution is -2.44. The van der Waals surface area contributed by atoms with Gasteiger partial charge in [0.25, 0.3) is 10.1 Å². The number of ether oxygens (including phenoxy) is 2. The van der Waals surface area contributed by atoms with Gasteiger partial charge in [-0.3, -0.25) is 4.18 Å². The zero-order valence-corrected chi connectivity index (χ0v) is 26.7. The first kappa shape index (κ1) is 34.7. The van der Waals surface area contributed by atoms with Crippen LogP contribution in [-0.4, -0.2) is 45.3 Å². The van der Waals surface area contributed by atoms with E-state index in [-0.39, 0.29) is 41.3 Å².